The van der Waals surface area contributed by atoms with Crippen LogP contribution in [0, 0.1) is 5.41 Å². The molecule has 8 N–H and O–H groups in total. The highest BCUT2D eigenvalue weighted by atomic mass is 16.3. The molecule has 6 atom stereocenters. The number of amides is 6. The average molecular weight is 734 g/mol. The van der Waals surface area contributed by atoms with Crippen molar-refractivity contribution < 1.29 is 33.9 Å². The van der Waals surface area contributed by atoms with E-state index in [2.05, 4.69) is 26.6 Å². The molecule has 6 amide bonds. The normalized spacial score (nSPS) is 26.4. The second-order valence-electron chi connectivity index (χ2n) is 15.1. The van der Waals surface area contributed by atoms with Crippen molar-refractivity contribution in [2.75, 3.05) is 19.6 Å². The Morgan fingerprint density at radius 1 is 0.755 bits per heavy atom. The van der Waals surface area contributed by atoms with Crippen molar-refractivity contribution in [3.8, 4) is 11.1 Å². The molecule has 0 bridgehead atoms. The Bertz CT molecular complexity index is 1600. The highest BCUT2D eigenvalue weighted by Crippen LogP contribution is 2.27. The Morgan fingerprint density at radius 3 is 2.06 bits per heavy atom. The van der Waals surface area contributed by atoms with E-state index in [1.807, 2.05) is 75.4 Å². The molecule has 2 aromatic rings. The van der Waals surface area contributed by atoms with Crippen LogP contribution >= 0.6 is 0 Å². The van der Waals surface area contributed by atoms with Gasteiger partial charge in [-0.25, -0.2) is 0 Å². The first-order valence-electron chi connectivity index (χ1n) is 18.5. The maximum absolute atomic E-state index is 14.1. The van der Waals surface area contributed by atoms with Crippen LogP contribution in [0.25, 0.3) is 11.1 Å². The van der Waals surface area contributed by atoms with Gasteiger partial charge in [-0.05, 0) is 41.9 Å². The highest BCUT2D eigenvalue weighted by Gasteiger charge is 2.45. The molecule has 4 rings (SSSR count). The van der Waals surface area contributed by atoms with Gasteiger partial charge in [-0.3, -0.25) is 28.8 Å². The number of hydrogen-bond donors (Lipinski definition) is 7. The molecule has 0 unspecified atom stereocenters. The summed E-state index contributed by atoms with van der Waals surface area (Å²) in [5.74, 6) is -3.24. The van der Waals surface area contributed by atoms with Crippen molar-refractivity contribution in [2.24, 2.45) is 11.1 Å². The lowest BCUT2D eigenvalue weighted by Gasteiger charge is -2.35. The molecule has 2 heterocycles. The molecule has 14 nitrogen and oxygen atoms in total. The van der Waals surface area contributed by atoms with Gasteiger partial charge in [0.1, 0.15) is 30.2 Å². The lowest BCUT2D eigenvalue weighted by molar-refractivity contribution is -0.144. The Labute approximate surface area is 311 Å². The van der Waals surface area contributed by atoms with Crippen molar-refractivity contribution in [2.45, 2.75) is 109 Å². The zero-order valence-electron chi connectivity index (χ0n) is 31.2. The lowest BCUT2D eigenvalue weighted by atomic mass is 9.85. The van der Waals surface area contributed by atoms with Crippen LogP contribution in [0.15, 0.2) is 54.6 Å². The summed E-state index contributed by atoms with van der Waals surface area (Å²) in [6, 6.07) is 11.8. The Hall–Kier alpha value is -4.82. The van der Waals surface area contributed by atoms with Gasteiger partial charge in [0.2, 0.25) is 35.4 Å². The molecule has 0 aromatic heterocycles. The summed E-state index contributed by atoms with van der Waals surface area (Å²) >= 11 is 0. The molecule has 2 fully saturated rings. The fraction of sp³-hybridized carbons (Fsp3) is 0.538. The number of nitrogens with one attached hydrogen (secondary N) is 5. The van der Waals surface area contributed by atoms with Crippen LogP contribution in [-0.4, -0.2) is 101 Å². The topological polar surface area (TPSA) is 212 Å². The van der Waals surface area contributed by atoms with E-state index in [0.29, 0.717) is 31.4 Å². The van der Waals surface area contributed by atoms with E-state index >= 15 is 0 Å². The molecule has 0 spiro atoms. The maximum Gasteiger partial charge on any atom is 0.246 e. The number of benzene rings is 2. The van der Waals surface area contributed by atoms with Crippen LogP contribution in [0.5, 0.6) is 0 Å². The zero-order chi connectivity index (χ0) is 38.7. The van der Waals surface area contributed by atoms with Gasteiger partial charge in [0.05, 0.1) is 6.10 Å². The lowest BCUT2D eigenvalue weighted by Crippen LogP contribution is -2.60. The minimum absolute atomic E-state index is 0.0404. The number of hydrogen-bond acceptors (Lipinski definition) is 8. The number of nitrogens with zero attached hydrogens (tertiary/aromatic N) is 1. The van der Waals surface area contributed by atoms with Crippen molar-refractivity contribution in [3.63, 3.8) is 0 Å². The summed E-state index contributed by atoms with van der Waals surface area (Å²) in [5, 5.41) is 24.4. The fourth-order valence-electron chi connectivity index (χ4n) is 6.54. The number of fused-ring (bicyclic) bond motifs is 1. The number of nitrogens with two attached hydrogens (primary N) is 1. The smallest absolute Gasteiger partial charge is 0.246 e. The molecule has 2 aromatic carbocycles. The van der Waals surface area contributed by atoms with Crippen LogP contribution in [0.2, 0.25) is 0 Å². The number of carbonyl (C=O) groups is 6. The van der Waals surface area contributed by atoms with E-state index in [0.717, 1.165) is 17.5 Å². The first-order chi connectivity index (χ1) is 25.2. The Morgan fingerprint density at radius 2 is 1.40 bits per heavy atom. The van der Waals surface area contributed by atoms with Crippen molar-refractivity contribution in [1.29, 1.82) is 0 Å². The zero-order valence-corrected chi connectivity index (χ0v) is 31.2. The third-order valence-corrected chi connectivity index (χ3v) is 9.67. The molecule has 2 aliphatic heterocycles. The van der Waals surface area contributed by atoms with Gasteiger partial charge in [0.15, 0.2) is 0 Å². The molecule has 0 aliphatic carbocycles. The number of rotatable bonds is 4. The van der Waals surface area contributed by atoms with E-state index in [-0.39, 0.29) is 38.3 Å². The molecule has 2 saturated heterocycles. The first-order valence-corrected chi connectivity index (χ1v) is 18.5. The molecule has 0 saturated carbocycles. The predicted molar refractivity (Wildman–Crippen MR) is 200 cm³/mol. The highest BCUT2D eigenvalue weighted by molar-refractivity contribution is 5.97. The summed E-state index contributed by atoms with van der Waals surface area (Å²) in [6.07, 6.45) is 1.81. The van der Waals surface area contributed by atoms with Crippen molar-refractivity contribution >= 4 is 35.4 Å². The van der Waals surface area contributed by atoms with E-state index in [1.165, 1.54) is 11.8 Å². The average Bonchev–Trinajstić information content (AvgIpc) is 3.53. The largest absolute Gasteiger partial charge is 0.391 e. The summed E-state index contributed by atoms with van der Waals surface area (Å²) in [6.45, 7) is 6.96. The third kappa shape index (κ3) is 11.6. The van der Waals surface area contributed by atoms with Crippen molar-refractivity contribution in [1.82, 2.24) is 31.5 Å². The van der Waals surface area contributed by atoms with Gasteiger partial charge >= 0.3 is 0 Å². The second kappa shape index (κ2) is 18.8. The van der Waals surface area contributed by atoms with Crippen LogP contribution < -0.4 is 32.3 Å². The van der Waals surface area contributed by atoms with Gasteiger partial charge < -0.3 is 42.3 Å². The summed E-state index contributed by atoms with van der Waals surface area (Å²) < 4.78 is 0. The van der Waals surface area contributed by atoms with E-state index in [1.54, 1.807) is 0 Å². The number of aliphatic hydroxyl groups is 1. The van der Waals surface area contributed by atoms with E-state index < -0.39 is 71.3 Å². The molecule has 14 heteroatoms. The Kier molecular flexibility index (Phi) is 14.5. The molecule has 0 radical (unpaired) electrons. The molecule has 288 valence electrons. The van der Waals surface area contributed by atoms with Gasteiger partial charge in [0.25, 0.3) is 0 Å². The summed E-state index contributed by atoms with van der Waals surface area (Å²) in [4.78, 5) is 82.2. The number of carbonyl (C=O) groups excluding carboxylic acids is 6. The molecule has 53 heavy (non-hydrogen) atoms. The SMILES string of the molecule is C[C@H]1NC(=O)[C@@H](Cc2ccc(-c3ccccc3)cc2)NC(=O)[C@@H]2C[C@@H](O)CN2C(=O)[C@H](C(C)(C)C)NC(=O)CCCCCCNC(=O)[C@@H](CN)NC1=O. The van der Waals surface area contributed by atoms with Gasteiger partial charge in [0, 0.05) is 38.9 Å². The fourth-order valence-corrected chi connectivity index (χ4v) is 6.54. The monoisotopic (exact) mass is 733 g/mol. The molecule has 2 aliphatic rings. The predicted octanol–water partition coefficient (Wildman–Crippen LogP) is 0.902. The van der Waals surface area contributed by atoms with Gasteiger partial charge in [-0.2, -0.15) is 0 Å². The van der Waals surface area contributed by atoms with Gasteiger partial charge in [-0.15, -0.1) is 0 Å². The maximum atomic E-state index is 14.1. The second-order valence-corrected chi connectivity index (χ2v) is 15.1. The number of aliphatic hydroxyl groups excluding tert-OH is 1. The van der Waals surface area contributed by atoms with Crippen molar-refractivity contribution in [3.05, 3.63) is 60.2 Å². The van der Waals surface area contributed by atoms with Crippen LogP contribution in [-0.2, 0) is 35.2 Å². The van der Waals surface area contributed by atoms with E-state index in [4.69, 9.17) is 5.73 Å². The van der Waals surface area contributed by atoms with Crippen LogP contribution in [0.4, 0.5) is 0 Å². The summed E-state index contributed by atoms with van der Waals surface area (Å²) in [7, 11) is 0. The van der Waals surface area contributed by atoms with Crippen LogP contribution in [0.3, 0.4) is 0 Å². The van der Waals surface area contributed by atoms with Crippen LogP contribution in [0.1, 0.15) is 71.8 Å². The molecular weight excluding hydrogens is 678 g/mol. The molecular formula is C39H55N7O7. The quantitative estimate of drug-likeness (QED) is 0.239. The summed E-state index contributed by atoms with van der Waals surface area (Å²) in [5.41, 5.74) is 7.77. The first kappa shape index (κ1) is 40.9. The standard InChI is InChI=1S/C39H55N7O7/c1-24-34(49)44-30(22-40)35(50)41-19-11-6-5-10-14-32(48)45-33(39(2,3)4)38(53)46-23-28(47)21-31(46)37(52)43-29(36(51)42-24)20-25-15-17-27(18-16-25)26-12-8-7-9-13-26/h7-9,12-13,15-18,24,28-31,33,47H,5-6,10-11,14,19-23,40H2,1-4H3,(H,41,50)(H,42,51)(H,43,52)(H,44,49)(H,45,48)/t24-,28-,29-,30-,31+,33-/m1/s1. The van der Waals surface area contributed by atoms with E-state index in [9.17, 15) is 33.9 Å². The van der Waals surface area contributed by atoms with Gasteiger partial charge in [-0.1, -0.05) is 88.2 Å². The third-order valence-electron chi connectivity index (χ3n) is 9.67. The minimum atomic E-state index is -1.19. The minimum Gasteiger partial charge on any atom is -0.391 e. The Balaban J connectivity index is 1.63.